The summed E-state index contributed by atoms with van der Waals surface area (Å²) in [5, 5.41) is 17.5. The van der Waals surface area contributed by atoms with Crippen LogP contribution in [0, 0.1) is 36.0 Å². The zero-order chi connectivity index (χ0) is 15.1. The summed E-state index contributed by atoms with van der Waals surface area (Å²) < 4.78 is 0. The number of benzene rings is 1. The van der Waals surface area contributed by atoms with Gasteiger partial charge in [-0.2, -0.15) is 5.26 Å². The highest BCUT2D eigenvalue weighted by Crippen LogP contribution is 2.15. The van der Waals surface area contributed by atoms with Gasteiger partial charge in [0.1, 0.15) is 6.61 Å². The van der Waals surface area contributed by atoms with Gasteiger partial charge in [0.15, 0.2) is 0 Å². The predicted molar refractivity (Wildman–Crippen MR) is 76.9 cm³/mol. The van der Waals surface area contributed by atoms with Crippen molar-refractivity contribution in [1.29, 1.82) is 5.26 Å². The molecular formula is C16H18N2O2. The highest BCUT2D eigenvalue weighted by atomic mass is 16.2. The molecule has 1 rings (SSSR count). The Labute approximate surface area is 119 Å². The number of aliphatic hydroxyl groups excluding tert-OH is 1. The van der Waals surface area contributed by atoms with Crippen LogP contribution in [-0.4, -0.2) is 36.1 Å². The van der Waals surface area contributed by atoms with Crippen LogP contribution in [0.1, 0.15) is 28.4 Å². The zero-order valence-corrected chi connectivity index (χ0v) is 12.0. The smallest absolute Gasteiger partial charge is 0.253 e. The quantitative estimate of drug-likeness (QED) is 0.848. The summed E-state index contributed by atoms with van der Waals surface area (Å²) in [6, 6.07) is 7.44. The molecule has 1 aromatic rings. The van der Waals surface area contributed by atoms with Crippen LogP contribution in [0.2, 0.25) is 0 Å². The van der Waals surface area contributed by atoms with E-state index in [1.807, 2.05) is 13.0 Å². The van der Waals surface area contributed by atoms with Crippen molar-refractivity contribution in [2.24, 2.45) is 5.92 Å². The molecule has 104 valence electrons. The summed E-state index contributed by atoms with van der Waals surface area (Å²) in [7, 11) is 1.68. The van der Waals surface area contributed by atoms with E-state index < -0.39 is 0 Å². The molecule has 20 heavy (non-hydrogen) atoms. The summed E-state index contributed by atoms with van der Waals surface area (Å²) in [6.45, 7) is 3.79. The molecular weight excluding hydrogens is 252 g/mol. The maximum atomic E-state index is 12.4. The predicted octanol–water partition coefficient (Wildman–Crippen LogP) is 1.57. The Balaban J connectivity index is 3.02. The zero-order valence-electron chi connectivity index (χ0n) is 12.0. The number of amides is 1. The second kappa shape index (κ2) is 7.33. The van der Waals surface area contributed by atoms with E-state index in [2.05, 4.69) is 17.9 Å². The van der Waals surface area contributed by atoms with E-state index in [1.165, 1.54) is 0 Å². The fourth-order valence-corrected chi connectivity index (χ4v) is 1.88. The second-order valence-corrected chi connectivity index (χ2v) is 4.65. The van der Waals surface area contributed by atoms with E-state index in [1.54, 1.807) is 31.0 Å². The SMILES string of the molecule is Cc1c(C#CCO)cccc1C(=O)N(C)CC(C)C#N. The number of rotatable bonds is 3. The lowest BCUT2D eigenvalue weighted by atomic mass is 10.0. The molecule has 0 radical (unpaired) electrons. The molecule has 1 aromatic carbocycles. The molecule has 4 heteroatoms. The van der Waals surface area contributed by atoms with Crippen LogP contribution in [0.25, 0.3) is 0 Å². The van der Waals surface area contributed by atoms with E-state index in [-0.39, 0.29) is 18.4 Å². The first-order valence-corrected chi connectivity index (χ1v) is 6.35. The molecule has 0 bridgehead atoms. The van der Waals surface area contributed by atoms with Crippen molar-refractivity contribution in [2.45, 2.75) is 13.8 Å². The number of hydrogen-bond acceptors (Lipinski definition) is 3. The number of aliphatic hydroxyl groups is 1. The molecule has 0 aliphatic heterocycles. The topological polar surface area (TPSA) is 64.3 Å². The van der Waals surface area contributed by atoms with Gasteiger partial charge in [-0.05, 0) is 31.5 Å². The van der Waals surface area contributed by atoms with E-state index in [0.717, 1.165) is 11.1 Å². The van der Waals surface area contributed by atoms with Crippen molar-refractivity contribution in [3.8, 4) is 17.9 Å². The van der Waals surface area contributed by atoms with Crippen LogP contribution in [0.4, 0.5) is 0 Å². The van der Waals surface area contributed by atoms with Crippen molar-refractivity contribution in [3.63, 3.8) is 0 Å². The van der Waals surface area contributed by atoms with Gasteiger partial charge in [-0.15, -0.1) is 0 Å². The maximum Gasteiger partial charge on any atom is 0.253 e. The van der Waals surface area contributed by atoms with E-state index >= 15 is 0 Å². The fraction of sp³-hybridized carbons (Fsp3) is 0.375. The van der Waals surface area contributed by atoms with E-state index in [0.29, 0.717) is 12.1 Å². The van der Waals surface area contributed by atoms with Gasteiger partial charge in [0.05, 0.1) is 12.0 Å². The molecule has 0 saturated carbocycles. The Bertz CT molecular complexity index is 591. The molecule has 0 fully saturated rings. The molecule has 1 unspecified atom stereocenters. The molecule has 0 heterocycles. The minimum absolute atomic E-state index is 0.128. The summed E-state index contributed by atoms with van der Waals surface area (Å²) in [4.78, 5) is 13.9. The van der Waals surface area contributed by atoms with E-state index in [4.69, 9.17) is 10.4 Å². The number of carbonyl (C=O) groups excluding carboxylic acids is 1. The van der Waals surface area contributed by atoms with Crippen molar-refractivity contribution < 1.29 is 9.90 Å². The molecule has 0 saturated heterocycles. The molecule has 1 N–H and O–H groups in total. The lowest BCUT2D eigenvalue weighted by Crippen LogP contribution is -2.31. The van der Waals surface area contributed by atoms with Crippen LogP contribution in [-0.2, 0) is 0 Å². The second-order valence-electron chi connectivity index (χ2n) is 4.65. The molecule has 0 aliphatic carbocycles. The van der Waals surface area contributed by atoms with Gasteiger partial charge < -0.3 is 10.0 Å². The van der Waals surface area contributed by atoms with Gasteiger partial charge in [0.2, 0.25) is 0 Å². The Morgan fingerprint density at radius 2 is 2.20 bits per heavy atom. The average Bonchev–Trinajstić information content (AvgIpc) is 2.45. The van der Waals surface area contributed by atoms with Gasteiger partial charge in [-0.25, -0.2) is 0 Å². The Morgan fingerprint density at radius 1 is 1.50 bits per heavy atom. The summed E-state index contributed by atoms with van der Waals surface area (Å²) in [5.41, 5.74) is 2.09. The van der Waals surface area contributed by atoms with E-state index in [9.17, 15) is 4.79 Å². The summed E-state index contributed by atoms with van der Waals surface area (Å²) in [5.74, 6) is 5.07. The lowest BCUT2D eigenvalue weighted by molar-refractivity contribution is 0.0784. The molecule has 0 aromatic heterocycles. The third-order valence-corrected chi connectivity index (χ3v) is 2.98. The average molecular weight is 270 g/mol. The highest BCUT2D eigenvalue weighted by molar-refractivity contribution is 5.96. The van der Waals surface area contributed by atoms with Crippen LogP contribution in [0.15, 0.2) is 18.2 Å². The number of carbonyl (C=O) groups is 1. The Hall–Kier alpha value is -2.30. The van der Waals surface area contributed by atoms with Gasteiger partial charge >= 0.3 is 0 Å². The summed E-state index contributed by atoms with van der Waals surface area (Å²) in [6.07, 6.45) is 0. The van der Waals surface area contributed by atoms with Crippen LogP contribution >= 0.6 is 0 Å². The molecule has 1 atom stereocenters. The summed E-state index contributed by atoms with van der Waals surface area (Å²) >= 11 is 0. The standard InChI is InChI=1S/C16H18N2O2/c1-12(10-17)11-18(3)16(20)15-8-4-6-14(13(15)2)7-5-9-19/h4,6,8,12,19H,9,11H2,1-3H3. The van der Waals surface area contributed by atoms with Gasteiger partial charge in [-0.3, -0.25) is 4.79 Å². The first-order valence-electron chi connectivity index (χ1n) is 6.35. The van der Waals surface area contributed by atoms with Crippen LogP contribution in [0.5, 0.6) is 0 Å². The first-order chi connectivity index (χ1) is 9.51. The van der Waals surface area contributed by atoms with Gasteiger partial charge in [0, 0.05) is 24.7 Å². The Kier molecular flexibility index (Phi) is 5.77. The third kappa shape index (κ3) is 3.85. The lowest BCUT2D eigenvalue weighted by Gasteiger charge is -2.19. The monoisotopic (exact) mass is 270 g/mol. The minimum Gasteiger partial charge on any atom is -0.384 e. The van der Waals surface area contributed by atoms with Gasteiger partial charge in [-0.1, -0.05) is 17.9 Å². The van der Waals surface area contributed by atoms with Crippen molar-refractivity contribution in [1.82, 2.24) is 4.90 Å². The van der Waals surface area contributed by atoms with Crippen molar-refractivity contribution in [3.05, 3.63) is 34.9 Å². The number of hydrogen-bond donors (Lipinski definition) is 1. The fourth-order valence-electron chi connectivity index (χ4n) is 1.88. The van der Waals surface area contributed by atoms with Crippen LogP contribution in [0.3, 0.4) is 0 Å². The molecule has 4 nitrogen and oxygen atoms in total. The van der Waals surface area contributed by atoms with Gasteiger partial charge in [0.25, 0.3) is 5.91 Å². The largest absolute Gasteiger partial charge is 0.384 e. The Morgan fingerprint density at radius 3 is 2.80 bits per heavy atom. The van der Waals surface area contributed by atoms with Crippen molar-refractivity contribution in [2.75, 3.05) is 20.2 Å². The maximum absolute atomic E-state index is 12.4. The number of nitrogens with zero attached hydrogens (tertiary/aromatic N) is 2. The molecule has 1 amide bonds. The first kappa shape index (κ1) is 15.8. The molecule has 0 aliphatic rings. The number of nitriles is 1. The minimum atomic E-state index is -0.211. The normalized spacial score (nSPS) is 10.9. The van der Waals surface area contributed by atoms with Crippen molar-refractivity contribution >= 4 is 5.91 Å². The third-order valence-electron chi connectivity index (χ3n) is 2.98. The van der Waals surface area contributed by atoms with Crippen LogP contribution < -0.4 is 0 Å². The highest BCUT2D eigenvalue weighted by Gasteiger charge is 2.17. The molecule has 0 spiro atoms.